The molecule has 0 spiro atoms. The Balaban J connectivity index is 2.50. The standard InChI is InChI=1S/C16H28N2/c1-12-10-14(3)16(11-13(12)2)7-9-18(5)8-6-15(4)17/h10-11,15H,6-9,17H2,1-5H3. The predicted molar refractivity (Wildman–Crippen MR) is 80.1 cm³/mol. The van der Waals surface area contributed by atoms with Crippen LogP contribution < -0.4 is 5.73 Å². The predicted octanol–water partition coefficient (Wildman–Crippen LogP) is 2.82. The Morgan fingerprint density at radius 1 is 1.06 bits per heavy atom. The average molecular weight is 248 g/mol. The van der Waals surface area contributed by atoms with Crippen molar-refractivity contribution in [2.75, 3.05) is 20.1 Å². The first-order chi connectivity index (χ1) is 8.40. The molecule has 0 radical (unpaired) electrons. The van der Waals surface area contributed by atoms with Crippen molar-refractivity contribution in [3.63, 3.8) is 0 Å². The molecule has 102 valence electrons. The van der Waals surface area contributed by atoms with Crippen molar-refractivity contribution in [3.05, 3.63) is 34.4 Å². The van der Waals surface area contributed by atoms with Gasteiger partial charge in [0.2, 0.25) is 0 Å². The van der Waals surface area contributed by atoms with Gasteiger partial charge in [0.25, 0.3) is 0 Å². The molecule has 1 aromatic carbocycles. The minimum absolute atomic E-state index is 0.302. The van der Waals surface area contributed by atoms with E-state index in [4.69, 9.17) is 5.73 Å². The third-order valence-electron chi connectivity index (χ3n) is 3.68. The van der Waals surface area contributed by atoms with Crippen molar-refractivity contribution in [1.29, 1.82) is 0 Å². The first-order valence-electron chi connectivity index (χ1n) is 6.91. The third-order valence-corrected chi connectivity index (χ3v) is 3.68. The van der Waals surface area contributed by atoms with Crippen LogP contribution >= 0.6 is 0 Å². The highest BCUT2D eigenvalue weighted by molar-refractivity contribution is 5.36. The second-order valence-corrected chi connectivity index (χ2v) is 5.68. The Hall–Kier alpha value is -0.860. The van der Waals surface area contributed by atoms with Crippen LogP contribution in [0.2, 0.25) is 0 Å². The molecule has 0 aliphatic rings. The lowest BCUT2D eigenvalue weighted by atomic mass is 9.99. The molecule has 0 aliphatic carbocycles. The molecular weight excluding hydrogens is 220 g/mol. The summed E-state index contributed by atoms with van der Waals surface area (Å²) in [5, 5.41) is 0. The van der Waals surface area contributed by atoms with Crippen LogP contribution in [0, 0.1) is 20.8 Å². The van der Waals surface area contributed by atoms with E-state index in [0.29, 0.717) is 6.04 Å². The fourth-order valence-corrected chi connectivity index (χ4v) is 2.14. The minimum atomic E-state index is 0.302. The smallest absolute Gasteiger partial charge is 0.00226 e. The number of rotatable bonds is 6. The average Bonchev–Trinajstić information content (AvgIpc) is 2.29. The van der Waals surface area contributed by atoms with E-state index >= 15 is 0 Å². The molecule has 1 unspecified atom stereocenters. The van der Waals surface area contributed by atoms with Gasteiger partial charge < -0.3 is 10.6 Å². The fraction of sp³-hybridized carbons (Fsp3) is 0.625. The van der Waals surface area contributed by atoms with Crippen LogP contribution in [-0.2, 0) is 6.42 Å². The molecule has 2 nitrogen and oxygen atoms in total. The van der Waals surface area contributed by atoms with Gasteiger partial charge in [0.15, 0.2) is 0 Å². The van der Waals surface area contributed by atoms with Crippen molar-refractivity contribution in [2.24, 2.45) is 5.73 Å². The van der Waals surface area contributed by atoms with E-state index in [9.17, 15) is 0 Å². The Morgan fingerprint density at radius 3 is 2.28 bits per heavy atom. The maximum Gasteiger partial charge on any atom is 0.00226 e. The number of hydrogen-bond acceptors (Lipinski definition) is 2. The van der Waals surface area contributed by atoms with Crippen LogP contribution in [0.15, 0.2) is 12.1 Å². The molecule has 1 rings (SSSR count). The highest BCUT2D eigenvalue weighted by atomic mass is 15.1. The molecule has 2 heteroatoms. The Labute approximate surface area is 112 Å². The molecule has 1 aromatic rings. The summed E-state index contributed by atoms with van der Waals surface area (Å²) in [5.74, 6) is 0. The monoisotopic (exact) mass is 248 g/mol. The van der Waals surface area contributed by atoms with Gasteiger partial charge in [-0.25, -0.2) is 0 Å². The number of aryl methyl sites for hydroxylation is 3. The minimum Gasteiger partial charge on any atom is -0.328 e. The molecule has 0 fully saturated rings. The van der Waals surface area contributed by atoms with Gasteiger partial charge >= 0.3 is 0 Å². The van der Waals surface area contributed by atoms with Gasteiger partial charge in [0.1, 0.15) is 0 Å². The van der Waals surface area contributed by atoms with Gasteiger partial charge in [-0.1, -0.05) is 12.1 Å². The lowest BCUT2D eigenvalue weighted by Gasteiger charge is -2.19. The molecule has 0 aromatic heterocycles. The molecule has 0 heterocycles. The van der Waals surface area contributed by atoms with E-state index in [1.807, 2.05) is 0 Å². The molecule has 0 saturated heterocycles. The van der Waals surface area contributed by atoms with Gasteiger partial charge in [-0.3, -0.25) is 0 Å². The quantitative estimate of drug-likeness (QED) is 0.839. The molecular formula is C16H28N2. The van der Waals surface area contributed by atoms with E-state index in [1.165, 1.54) is 22.3 Å². The highest BCUT2D eigenvalue weighted by Crippen LogP contribution is 2.16. The molecule has 0 aliphatic heterocycles. The summed E-state index contributed by atoms with van der Waals surface area (Å²) in [6, 6.07) is 4.94. The van der Waals surface area contributed by atoms with E-state index in [2.05, 4.69) is 51.8 Å². The van der Waals surface area contributed by atoms with Crippen molar-refractivity contribution in [3.8, 4) is 0 Å². The molecule has 0 bridgehead atoms. The Kier molecular flexibility index (Phi) is 5.83. The lowest BCUT2D eigenvalue weighted by molar-refractivity contribution is 0.324. The number of benzene rings is 1. The number of hydrogen-bond donors (Lipinski definition) is 1. The van der Waals surface area contributed by atoms with Gasteiger partial charge in [-0.15, -0.1) is 0 Å². The second kappa shape index (κ2) is 6.91. The molecule has 0 saturated carbocycles. The van der Waals surface area contributed by atoms with Crippen LogP contribution in [0.1, 0.15) is 35.6 Å². The second-order valence-electron chi connectivity index (χ2n) is 5.68. The van der Waals surface area contributed by atoms with Crippen molar-refractivity contribution in [1.82, 2.24) is 4.90 Å². The molecule has 0 amide bonds. The maximum absolute atomic E-state index is 5.78. The van der Waals surface area contributed by atoms with Crippen LogP contribution in [0.4, 0.5) is 0 Å². The lowest BCUT2D eigenvalue weighted by Crippen LogP contribution is -2.27. The topological polar surface area (TPSA) is 29.3 Å². The molecule has 1 atom stereocenters. The summed E-state index contributed by atoms with van der Waals surface area (Å²) in [6.07, 6.45) is 2.20. The Morgan fingerprint density at radius 2 is 1.67 bits per heavy atom. The van der Waals surface area contributed by atoms with E-state index in [-0.39, 0.29) is 0 Å². The van der Waals surface area contributed by atoms with Crippen LogP contribution in [0.5, 0.6) is 0 Å². The van der Waals surface area contributed by atoms with Crippen molar-refractivity contribution >= 4 is 0 Å². The van der Waals surface area contributed by atoms with Crippen LogP contribution in [0.3, 0.4) is 0 Å². The number of likely N-dealkylation sites (N-methyl/N-ethyl adjacent to an activating group) is 1. The largest absolute Gasteiger partial charge is 0.328 e. The van der Waals surface area contributed by atoms with E-state index < -0.39 is 0 Å². The first-order valence-corrected chi connectivity index (χ1v) is 6.91. The molecule has 2 N–H and O–H groups in total. The highest BCUT2D eigenvalue weighted by Gasteiger charge is 2.05. The summed E-state index contributed by atoms with van der Waals surface area (Å²) in [6.45, 7) is 10.8. The number of nitrogens with zero attached hydrogens (tertiary/aromatic N) is 1. The van der Waals surface area contributed by atoms with Crippen LogP contribution in [-0.4, -0.2) is 31.1 Å². The van der Waals surface area contributed by atoms with Gasteiger partial charge in [-0.05, 0) is 76.4 Å². The van der Waals surface area contributed by atoms with Crippen LogP contribution in [0.25, 0.3) is 0 Å². The first kappa shape index (κ1) is 15.2. The normalized spacial score (nSPS) is 13.1. The SMILES string of the molecule is Cc1cc(C)c(CCN(C)CCC(C)N)cc1C. The van der Waals surface area contributed by atoms with E-state index in [1.54, 1.807) is 0 Å². The summed E-state index contributed by atoms with van der Waals surface area (Å²) < 4.78 is 0. The Bertz CT molecular complexity index is 383. The summed E-state index contributed by atoms with van der Waals surface area (Å²) in [7, 11) is 2.18. The summed E-state index contributed by atoms with van der Waals surface area (Å²) >= 11 is 0. The van der Waals surface area contributed by atoms with Gasteiger partial charge in [-0.2, -0.15) is 0 Å². The van der Waals surface area contributed by atoms with Crippen molar-refractivity contribution < 1.29 is 0 Å². The third kappa shape index (κ3) is 4.79. The summed E-state index contributed by atoms with van der Waals surface area (Å²) in [4.78, 5) is 2.37. The zero-order chi connectivity index (χ0) is 13.7. The van der Waals surface area contributed by atoms with Gasteiger partial charge in [0.05, 0.1) is 0 Å². The zero-order valence-corrected chi connectivity index (χ0v) is 12.6. The summed E-state index contributed by atoms with van der Waals surface area (Å²) in [5.41, 5.74) is 11.5. The number of nitrogens with two attached hydrogens (primary N) is 1. The van der Waals surface area contributed by atoms with Gasteiger partial charge in [0, 0.05) is 12.6 Å². The van der Waals surface area contributed by atoms with Crippen molar-refractivity contribution in [2.45, 2.75) is 46.6 Å². The fourth-order valence-electron chi connectivity index (χ4n) is 2.14. The molecule has 18 heavy (non-hydrogen) atoms. The van der Waals surface area contributed by atoms with E-state index in [0.717, 1.165) is 25.9 Å². The zero-order valence-electron chi connectivity index (χ0n) is 12.6. The maximum atomic E-state index is 5.78.